The lowest BCUT2D eigenvalue weighted by Crippen LogP contribution is -2.30. The first-order chi connectivity index (χ1) is 7.36. The van der Waals surface area contributed by atoms with E-state index in [0.717, 1.165) is 25.4 Å². The average molecular weight is 205 g/mol. The van der Waals surface area contributed by atoms with Gasteiger partial charge in [0.05, 0.1) is 6.04 Å². The minimum atomic E-state index is 0.464. The molecule has 0 saturated heterocycles. The molecule has 0 N–H and O–H groups in total. The van der Waals surface area contributed by atoms with Crippen molar-refractivity contribution >= 4 is 0 Å². The number of fused-ring (bicyclic) bond motifs is 1. The Balaban J connectivity index is 2.18. The molecule has 1 aliphatic rings. The lowest BCUT2D eigenvalue weighted by Gasteiger charge is -2.25. The predicted molar refractivity (Wildman–Crippen MR) is 62.2 cm³/mol. The molecular formula is C13H19NO. The van der Waals surface area contributed by atoms with E-state index in [2.05, 4.69) is 36.9 Å². The van der Waals surface area contributed by atoms with Crippen molar-refractivity contribution in [2.45, 2.75) is 26.3 Å². The van der Waals surface area contributed by atoms with Crippen LogP contribution in [0.2, 0.25) is 0 Å². The van der Waals surface area contributed by atoms with Gasteiger partial charge in [-0.15, -0.1) is 0 Å². The molecule has 15 heavy (non-hydrogen) atoms. The lowest BCUT2D eigenvalue weighted by atomic mass is 10.1. The predicted octanol–water partition coefficient (Wildman–Crippen LogP) is 2.85. The maximum Gasteiger partial charge on any atom is 0.124 e. The van der Waals surface area contributed by atoms with E-state index in [0.29, 0.717) is 6.04 Å². The number of hydrogen-bond acceptors (Lipinski definition) is 2. The van der Waals surface area contributed by atoms with Crippen LogP contribution in [0, 0.1) is 0 Å². The summed E-state index contributed by atoms with van der Waals surface area (Å²) in [6.45, 7) is 7.50. The summed E-state index contributed by atoms with van der Waals surface area (Å²) in [7, 11) is 0. The van der Waals surface area contributed by atoms with Crippen molar-refractivity contribution in [1.29, 1.82) is 0 Å². The van der Waals surface area contributed by atoms with Crippen molar-refractivity contribution in [2.24, 2.45) is 0 Å². The van der Waals surface area contributed by atoms with Crippen LogP contribution in [0.15, 0.2) is 24.3 Å². The molecule has 1 unspecified atom stereocenters. The largest absolute Gasteiger partial charge is 0.491 e. The molecule has 0 amide bonds. The maximum atomic E-state index is 5.70. The van der Waals surface area contributed by atoms with Crippen molar-refractivity contribution < 1.29 is 4.74 Å². The highest BCUT2D eigenvalue weighted by atomic mass is 16.5. The van der Waals surface area contributed by atoms with Crippen molar-refractivity contribution in [3.8, 4) is 5.75 Å². The SMILES string of the molecule is CCCN(CC)C1COc2ccccc21. The number of hydrogen-bond donors (Lipinski definition) is 0. The number of rotatable bonds is 4. The van der Waals surface area contributed by atoms with Crippen molar-refractivity contribution in [2.75, 3.05) is 19.7 Å². The first kappa shape index (κ1) is 10.5. The van der Waals surface area contributed by atoms with Crippen LogP contribution >= 0.6 is 0 Å². The van der Waals surface area contributed by atoms with Crippen molar-refractivity contribution in [3.05, 3.63) is 29.8 Å². The molecule has 0 aliphatic carbocycles. The Morgan fingerprint density at radius 3 is 2.87 bits per heavy atom. The third-order valence-corrected chi connectivity index (χ3v) is 3.03. The van der Waals surface area contributed by atoms with Crippen LogP contribution in [-0.2, 0) is 0 Å². The van der Waals surface area contributed by atoms with Gasteiger partial charge in [0, 0.05) is 5.56 Å². The van der Waals surface area contributed by atoms with Crippen molar-refractivity contribution in [1.82, 2.24) is 4.90 Å². The fourth-order valence-electron chi connectivity index (χ4n) is 2.27. The Hall–Kier alpha value is -1.02. The molecular weight excluding hydrogens is 186 g/mol. The van der Waals surface area contributed by atoms with Crippen molar-refractivity contribution in [3.63, 3.8) is 0 Å². The topological polar surface area (TPSA) is 12.5 Å². The highest BCUT2D eigenvalue weighted by Gasteiger charge is 2.27. The normalized spacial score (nSPS) is 19.0. The van der Waals surface area contributed by atoms with Gasteiger partial charge < -0.3 is 4.74 Å². The van der Waals surface area contributed by atoms with E-state index in [1.807, 2.05) is 6.07 Å². The fourth-order valence-corrected chi connectivity index (χ4v) is 2.27. The molecule has 0 saturated carbocycles. The van der Waals surface area contributed by atoms with Gasteiger partial charge in [-0.2, -0.15) is 0 Å². The first-order valence-corrected chi connectivity index (χ1v) is 5.82. The Morgan fingerprint density at radius 1 is 1.33 bits per heavy atom. The minimum Gasteiger partial charge on any atom is -0.491 e. The molecule has 2 rings (SSSR count). The van der Waals surface area contributed by atoms with Crippen LogP contribution in [-0.4, -0.2) is 24.6 Å². The van der Waals surface area contributed by atoms with Gasteiger partial charge in [0.25, 0.3) is 0 Å². The Morgan fingerprint density at radius 2 is 2.13 bits per heavy atom. The summed E-state index contributed by atoms with van der Waals surface area (Å²) in [5, 5.41) is 0. The maximum absolute atomic E-state index is 5.70. The van der Waals surface area contributed by atoms with Gasteiger partial charge >= 0.3 is 0 Å². The molecule has 1 aliphatic heterocycles. The molecule has 1 heterocycles. The second-order valence-corrected chi connectivity index (χ2v) is 3.99. The minimum absolute atomic E-state index is 0.464. The van der Waals surface area contributed by atoms with E-state index in [4.69, 9.17) is 4.74 Å². The zero-order valence-electron chi connectivity index (χ0n) is 9.57. The molecule has 0 aromatic heterocycles. The Kier molecular flexibility index (Phi) is 3.27. The number of para-hydroxylation sites is 1. The van der Waals surface area contributed by atoms with Gasteiger partial charge in [0.2, 0.25) is 0 Å². The van der Waals surface area contributed by atoms with Crippen LogP contribution in [0.25, 0.3) is 0 Å². The second kappa shape index (κ2) is 4.67. The summed E-state index contributed by atoms with van der Waals surface area (Å²) in [5.41, 5.74) is 1.35. The summed E-state index contributed by atoms with van der Waals surface area (Å²) in [6, 6.07) is 8.85. The zero-order valence-corrected chi connectivity index (χ0v) is 9.57. The average Bonchev–Trinajstić information content (AvgIpc) is 2.70. The molecule has 1 aromatic rings. The van der Waals surface area contributed by atoms with Gasteiger partial charge in [-0.25, -0.2) is 0 Å². The Labute approximate surface area is 91.9 Å². The van der Waals surface area contributed by atoms with Crippen LogP contribution in [0.1, 0.15) is 31.9 Å². The van der Waals surface area contributed by atoms with E-state index in [9.17, 15) is 0 Å². The summed E-state index contributed by atoms with van der Waals surface area (Å²) in [4.78, 5) is 2.49. The molecule has 1 aromatic carbocycles. The van der Waals surface area contributed by atoms with E-state index in [1.165, 1.54) is 12.0 Å². The quantitative estimate of drug-likeness (QED) is 0.749. The summed E-state index contributed by atoms with van der Waals surface area (Å²) in [5.74, 6) is 1.07. The molecule has 1 atom stereocenters. The van der Waals surface area contributed by atoms with E-state index >= 15 is 0 Å². The molecule has 0 bridgehead atoms. The Bertz CT molecular complexity index is 324. The molecule has 2 heteroatoms. The monoisotopic (exact) mass is 205 g/mol. The van der Waals surface area contributed by atoms with Crippen LogP contribution in [0.3, 0.4) is 0 Å². The highest BCUT2D eigenvalue weighted by molar-refractivity contribution is 5.39. The standard InChI is InChI=1S/C13H19NO/c1-3-9-14(4-2)12-10-15-13-8-6-5-7-11(12)13/h5-8,12H,3-4,9-10H2,1-2H3. The zero-order chi connectivity index (χ0) is 10.7. The fraction of sp³-hybridized carbons (Fsp3) is 0.538. The summed E-state index contributed by atoms with van der Waals surface area (Å²) < 4.78 is 5.70. The molecule has 0 radical (unpaired) electrons. The first-order valence-electron chi connectivity index (χ1n) is 5.82. The second-order valence-electron chi connectivity index (χ2n) is 3.99. The molecule has 82 valence electrons. The van der Waals surface area contributed by atoms with Gasteiger partial charge in [-0.05, 0) is 25.6 Å². The highest BCUT2D eigenvalue weighted by Crippen LogP contribution is 2.35. The van der Waals surface area contributed by atoms with Crippen LogP contribution in [0.5, 0.6) is 5.75 Å². The van der Waals surface area contributed by atoms with Gasteiger partial charge in [0.15, 0.2) is 0 Å². The third kappa shape index (κ3) is 2.00. The molecule has 2 nitrogen and oxygen atoms in total. The van der Waals surface area contributed by atoms with Gasteiger partial charge in [-0.3, -0.25) is 4.90 Å². The number of likely N-dealkylation sites (N-methyl/N-ethyl adjacent to an activating group) is 1. The number of ether oxygens (including phenoxy) is 1. The van der Waals surface area contributed by atoms with Gasteiger partial charge in [-0.1, -0.05) is 32.0 Å². The molecule has 0 fully saturated rings. The smallest absolute Gasteiger partial charge is 0.124 e. The van der Waals surface area contributed by atoms with Crippen LogP contribution < -0.4 is 4.74 Å². The lowest BCUT2D eigenvalue weighted by molar-refractivity contribution is 0.170. The van der Waals surface area contributed by atoms with Crippen LogP contribution in [0.4, 0.5) is 0 Å². The van der Waals surface area contributed by atoms with E-state index in [1.54, 1.807) is 0 Å². The number of nitrogens with zero attached hydrogens (tertiary/aromatic N) is 1. The number of benzene rings is 1. The summed E-state index contributed by atoms with van der Waals surface area (Å²) >= 11 is 0. The molecule has 0 spiro atoms. The van der Waals surface area contributed by atoms with E-state index < -0.39 is 0 Å². The summed E-state index contributed by atoms with van der Waals surface area (Å²) in [6.07, 6.45) is 1.20. The van der Waals surface area contributed by atoms with Gasteiger partial charge in [0.1, 0.15) is 12.4 Å². The third-order valence-electron chi connectivity index (χ3n) is 3.03. The van der Waals surface area contributed by atoms with E-state index in [-0.39, 0.29) is 0 Å².